The van der Waals surface area contributed by atoms with E-state index in [4.69, 9.17) is 0 Å². The second-order valence-corrected chi connectivity index (χ2v) is 7.02. The molecule has 6 nitrogen and oxygen atoms in total. The summed E-state index contributed by atoms with van der Waals surface area (Å²) in [6.45, 7) is 2.35. The van der Waals surface area contributed by atoms with Crippen molar-refractivity contribution in [3.63, 3.8) is 0 Å². The summed E-state index contributed by atoms with van der Waals surface area (Å²) in [5, 5.41) is 3.79. The summed E-state index contributed by atoms with van der Waals surface area (Å²) in [4.78, 5) is 33.3. The molecule has 0 saturated carbocycles. The SMILES string of the molecule is CCn1c(SCC(=O)Nc2cccc(Br)c2)nc2ncccc2c1=O. The van der Waals surface area contributed by atoms with Crippen LogP contribution in [0.4, 0.5) is 5.69 Å². The van der Waals surface area contributed by atoms with Gasteiger partial charge in [-0.15, -0.1) is 0 Å². The molecule has 0 aliphatic carbocycles. The summed E-state index contributed by atoms with van der Waals surface area (Å²) in [6, 6.07) is 10.8. The fourth-order valence-corrected chi connectivity index (χ4v) is 3.57. The third kappa shape index (κ3) is 4.08. The molecular weight excluding hydrogens is 404 g/mol. The molecule has 0 bridgehead atoms. The van der Waals surface area contributed by atoms with E-state index in [9.17, 15) is 9.59 Å². The number of nitrogens with one attached hydrogen (secondary N) is 1. The quantitative estimate of drug-likeness (QED) is 0.507. The van der Waals surface area contributed by atoms with Crippen molar-refractivity contribution in [1.82, 2.24) is 14.5 Å². The largest absolute Gasteiger partial charge is 0.325 e. The second kappa shape index (κ2) is 7.79. The summed E-state index contributed by atoms with van der Waals surface area (Å²) < 4.78 is 2.45. The number of aromatic nitrogens is 3. The van der Waals surface area contributed by atoms with E-state index in [0.29, 0.717) is 28.4 Å². The van der Waals surface area contributed by atoms with Gasteiger partial charge in [0.2, 0.25) is 5.91 Å². The Morgan fingerprint density at radius 2 is 2.16 bits per heavy atom. The van der Waals surface area contributed by atoms with Gasteiger partial charge in [0.25, 0.3) is 5.56 Å². The minimum Gasteiger partial charge on any atom is -0.325 e. The molecule has 0 unspecified atom stereocenters. The maximum atomic E-state index is 12.5. The molecular formula is C17H15BrN4O2S. The number of carbonyl (C=O) groups excluding carboxylic acids is 1. The topological polar surface area (TPSA) is 76.9 Å². The highest BCUT2D eigenvalue weighted by Gasteiger charge is 2.13. The van der Waals surface area contributed by atoms with E-state index < -0.39 is 0 Å². The van der Waals surface area contributed by atoms with E-state index in [1.807, 2.05) is 31.2 Å². The maximum absolute atomic E-state index is 12.5. The maximum Gasteiger partial charge on any atom is 0.263 e. The van der Waals surface area contributed by atoms with E-state index in [0.717, 1.165) is 4.47 Å². The van der Waals surface area contributed by atoms with Crippen molar-refractivity contribution in [3.05, 3.63) is 57.4 Å². The molecule has 0 fully saturated rings. The number of pyridine rings is 1. The second-order valence-electron chi connectivity index (χ2n) is 5.17. The lowest BCUT2D eigenvalue weighted by atomic mass is 10.3. The zero-order chi connectivity index (χ0) is 17.8. The Kier molecular flexibility index (Phi) is 5.50. The number of anilines is 1. The van der Waals surface area contributed by atoms with Gasteiger partial charge in [0.1, 0.15) is 0 Å². The zero-order valence-electron chi connectivity index (χ0n) is 13.4. The number of rotatable bonds is 5. The Bertz CT molecular complexity index is 990. The number of hydrogen-bond donors (Lipinski definition) is 1. The van der Waals surface area contributed by atoms with Crippen LogP contribution in [0.5, 0.6) is 0 Å². The number of thioether (sulfide) groups is 1. The van der Waals surface area contributed by atoms with E-state index in [1.165, 1.54) is 11.8 Å². The van der Waals surface area contributed by atoms with E-state index in [-0.39, 0.29) is 17.2 Å². The lowest BCUT2D eigenvalue weighted by Crippen LogP contribution is -2.23. The van der Waals surface area contributed by atoms with Crippen LogP contribution in [0.1, 0.15) is 6.92 Å². The number of amides is 1. The Morgan fingerprint density at radius 1 is 1.32 bits per heavy atom. The number of carbonyl (C=O) groups is 1. The van der Waals surface area contributed by atoms with Gasteiger partial charge in [0.05, 0.1) is 11.1 Å². The first kappa shape index (κ1) is 17.6. The fraction of sp³-hybridized carbons (Fsp3) is 0.176. The summed E-state index contributed by atoms with van der Waals surface area (Å²) in [7, 11) is 0. The van der Waals surface area contributed by atoms with Crippen LogP contribution >= 0.6 is 27.7 Å². The summed E-state index contributed by atoms with van der Waals surface area (Å²) in [5.41, 5.74) is 0.962. The molecule has 3 aromatic rings. The normalized spacial score (nSPS) is 10.8. The molecule has 1 amide bonds. The molecule has 0 aliphatic heterocycles. The standard InChI is InChI=1S/C17H15BrN4O2S/c1-2-22-16(24)13-7-4-8-19-15(13)21-17(22)25-10-14(23)20-12-6-3-5-11(18)9-12/h3-9H,2,10H2,1H3,(H,20,23). The molecule has 0 saturated heterocycles. The van der Waals surface area contributed by atoms with Gasteiger partial charge in [-0.1, -0.05) is 33.8 Å². The van der Waals surface area contributed by atoms with Crippen molar-refractivity contribution in [2.75, 3.05) is 11.1 Å². The van der Waals surface area contributed by atoms with Crippen LogP contribution in [0.2, 0.25) is 0 Å². The summed E-state index contributed by atoms with van der Waals surface area (Å²) >= 11 is 4.59. The molecule has 1 aromatic carbocycles. The minimum atomic E-state index is -0.166. The number of fused-ring (bicyclic) bond motifs is 1. The van der Waals surface area contributed by atoms with Crippen LogP contribution in [0, 0.1) is 0 Å². The third-order valence-electron chi connectivity index (χ3n) is 3.45. The number of nitrogens with zero attached hydrogens (tertiary/aromatic N) is 3. The van der Waals surface area contributed by atoms with Gasteiger partial charge >= 0.3 is 0 Å². The van der Waals surface area contributed by atoms with Crippen LogP contribution in [-0.2, 0) is 11.3 Å². The first-order chi connectivity index (χ1) is 12.1. The molecule has 1 N–H and O–H groups in total. The first-order valence-corrected chi connectivity index (χ1v) is 9.40. The minimum absolute atomic E-state index is 0.143. The van der Waals surface area contributed by atoms with Crippen molar-refractivity contribution in [2.45, 2.75) is 18.6 Å². The Labute approximate surface area is 156 Å². The highest BCUT2D eigenvalue weighted by molar-refractivity contribution is 9.10. The molecule has 0 radical (unpaired) electrons. The van der Waals surface area contributed by atoms with Crippen LogP contribution < -0.4 is 10.9 Å². The Balaban J connectivity index is 1.78. The van der Waals surface area contributed by atoms with Crippen LogP contribution in [0.3, 0.4) is 0 Å². The molecule has 0 aliphatic rings. The molecule has 0 atom stereocenters. The average Bonchev–Trinajstić information content (AvgIpc) is 2.60. The highest BCUT2D eigenvalue weighted by atomic mass is 79.9. The number of halogens is 1. The van der Waals surface area contributed by atoms with Crippen molar-refractivity contribution < 1.29 is 4.79 Å². The molecule has 0 spiro atoms. The number of hydrogen-bond acceptors (Lipinski definition) is 5. The predicted molar refractivity (Wildman–Crippen MR) is 103 cm³/mol. The molecule has 2 aromatic heterocycles. The van der Waals surface area contributed by atoms with Gasteiger partial charge in [-0.3, -0.25) is 14.2 Å². The van der Waals surface area contributed by atoms with Gasteiger partial charge in [-0.25, -0.2) is 9.97 Å². The van der Waals surface area contributed by atoms with E-state index >= 15 is 0 Å². The lowest BCUT2D eigenvalue weighted by Gasteiger charge is -2.10. The Morgan fingerprint density at radius 3 is 2.92 bits per heavy atom. The molecule has 128 valence electrons. The van der Waals surface area contributed by atoms with Gasteiger partial charge in [0, 0.05) is 22.9 Å². The smallest absolute Gasteiger partial charge is 0.263 e. The highest BCUT2D eigenvalue weighted by Crippen LogP contribution is 2.19. The molecule has 25 heavy (non-hydrogen) atoms. The zero-order valence-corrected chi connectivity index (χ0v) is 15.8. The van der Waals surface area contributed by atoms with Gasteiger partial charge in [-0.05, 0) is 37.3 Å². The van der Waals surface area contributed by atoms with Crippen LogP contribution in [0.25, 0.3) is 11.0 Å². The van der Waals surface area contributed by atoms with E-state index in [2.05, 4.69) is 31.2 Å². The summed E-state index contributed by atoms with van der Waals surface area (Å²) in [6.07, 6.45) is 1.60. The summed E-state index contributed by atoms with van der Waals surface area (Å²) in [5.74, 6) is -0.0155. The number of benzene rings is 1. The van der Waals surface area contributed by atoms with Gasteiger partial charge in [0.15, 0.2) is 10.8 Å². The van der Waals surface area contributed by atoms with Crippen molar-refractivity contribution in [1.29, 1.82) is 0 Å². The van der Waals surface area contributed by atoms with Crippen molar-refractivity contribution in [2.24, 2.45) is 0 Å². The third-order valence-corrected chi connectivity index (χ3v) is 4.92. The monoisotopic (exact) mass is 418 g/mol. The van der Waals surface area contributed by atoms with Crippen molar-refractivity contribution >= 4 is 50.3 Å². The Hall–Kier alpha value is -2.19. The first-order valence-electron chi connectivity index (χ1n) is 7.62. The van der Waals surface area contributed by atoms with Crippen molar-refractivity contribution in [3.8, 4) is 0 Å². The average molecular weight is 419 g/mol. The molecule has 3 rings (SSSR count). The lowest BCUT2D eigenvalue weighted by molar-refractivity contribution is -0.113. The molecule has 2 heterocycles. The fourth-order valence-electron chi connectivity index (χ4n) is 2.32. The van der Waals surface area contributed by atoms with Crippen LogP contribution in [-0.4, -0.2) is 26.2 Å². The molecule has 8 heteroatoms. The van der Waals surface area contributed by atoms with Gasteiger partial charge < -0.3 is 5.32 Å². The predicted octanol–water partition coefficient (Wildman–Crippen LogP) is 3.30. The van der Waals surface area contributed by atoms with Crippen LogP contribution in [0.15, 0.2) is 57.0 Å². The van der Waals surface area contributed by atoms with Gasteiger partial charge in [-0.2, -0.15) is 0 Å². The van der Waals surface area contributed by atoms with E-state index in [1.54, 1.807) is 22.9 Å².